The number of carbonyl (C=O) groups excluding carboxylic acids is 1. The van der Waals surface area contributed by atoms with E-state index in [1.807, 2.05) is 6.07 Å². The van der Waals surface area contributed by atoms with Crippen molar-refractivity contribution in [1.29, 1.82) is 0 Å². The SMILES string of the molecule is CCc1ccccc1CNBc1nnc(CC(=O)N2CCc3[nH]nnc3C2)o1. The minimum absolute atomic E-state index is 0.0475. The summed E-state index contributed by atoms with van der Waals surface area (Å²) in [6, 6.07) is 8.34. The van der Waals surface area contributed by atoms with Crippen molar-refractivity contribution in [1.82, 2.24) is 35.7 Å². The second-order valence-electron chi connectivity index (χ2n) is 6.79. The molecule has 1 amide bonds. The highest BCUT2D eigenvalue weighted by atomic mass is 16.4. The van der Waals surface area contributed by atoms with Crippen LogP contribution in [-0.2, 0) is 37.1 Å². The highest BCUT2D eigenvalue weighted by Gasteiger charge is 2.24. The summed E-state index contributed by atoms with van der Waals surface area (Å²) in [7, 11) is 0.464. The summed E-state index contributed by atoms with van der Waals surface area (Å²) in [5.41, 5.74) is 4.41. The number of rotatable bonds is 7. The van der Waals surface area contributed by atoms with Crippen LogP contribution in [0, 0.1) is 0 Å². The van der Waals surface area contributed by atoms with E-state index in [1.165, 1.54) is 11.1 Å². The Morgan fingerprint density at radius 3 is 3.00 bits per heavy atom. The normalized spacial score (nSPS) is 13.4. The zero-order valence-corrected chi connectivity index (χ0v) is 15.8. The van der Waals surface area contributed by atoms with E-state index in [2.05, 4.69) is 56.0 Å². The Labute approximate surface area is 163 Å². The fraction of sp³-hybridized carbons (Fsp3) is 0.389. The Hall–Kier alpha value is -3.01. The van der Waals surface area contributed by atoms with E-state index >= 15 is 0 Å². The minimum Gasteiger partial charge on any atom is -0.433 e. The fourth-order valence-electron chi connectivity index (χ4n) is 3.37. The fourth-order valence-corrected chi connectivity index (χ4v) is 3.37. The van der Waals surface area contributed by atoms with Crippen LogP contribution in [0.2, 0.25) is 0 Å². The van der Waals surface area contributed by atoms with Crippen molar-refractivity contribution in [2.75, 3.05) is 6.54 Å². The van der Waals surface area contributed by atoms with Crippen molar-refractivity contribution in [3.8, 4) is 0 Å². The first-order valence-corrected chi connectivity index (χ1v) is 9.48. The molecule has 1 aromatic carbocycles. The molecule has 0 saturated carbocycles. The van der Waals surface area contributed by atoms with Gasteiger partial charge in [-0.1, -0.05) is 36.4 Å². The lowest BCUT2D eigenvalue weighted by molar-refractivity contribution is -0.131. The van der Waals surface area contributed by atoms with Crippen LogP contribution in [0.1, 0.15) is 35.3 Å². The molecule has 0 bridgehead atoms. The number of H-pyrrole nitrogens is 1. The van der Waals surface area contributed by atoms with Gasteiger partial charge in [-0.05, 0) is 17.5 Å². The van der Waals surface area contributed by atoms with E-state index in [4.69, 9.17) is 4.42 Å². The quantitative estimate of drug-likeness (QED) is 0.539. The van der Waals surface area contributed by atoms with Crippen molar-refractivity contribution in [2.24, 2.45) is 0 Å². The van der Waals surface area contributed by atoms with E-state index in [9.17, 15) is 4.79 Å². The third-order valence-electron chi connectivity index (χ3n) is 4.93. The maximum atomic E-state index is 12.5. The van der Waals surface area contributed by atoms with Gasteiger partial charge in [0.05, 0.1) is 12.2 Å². The molecule has 3 heterocycles. The van der Waals surface area contributed by atoms with Gasteiger partial charge in [-0.25, -0.2) is 0 Å². The number of amides is 1. The van der Waals surface area contributed by atoms with E-state index in [0.29, 0.717) is 32.2 Å². The van der Waals surface area contributed by atoms with Gasteiger partial charge in [-0.15, -0.1) is 15.3 Å². The topological polar surface area (TPSA) is 113 Å². The van der Waals surface area contributed by atoms with Crippen LogP contribution in [0.15, 0.2) is 28.7 Å². The van der Waals surface area contributed by atoms with Crippen LogP contribution < -0.4 is 11.0 Å². The molecule has 144 valence electrons. The predicted octanol–water partition coefficient (Wildman–Crippen LogP) is -0.356. The average molecular weight is 379 g/mol. The molecule has 3 aromatic rings. The van der Waals surface area contributed by atoms with Gasteiger partial charge < -0.3 is 14.5 Å². The number of fused-ring (bicyclic) bond motifs is 1. The summed E-state index contributed by atoms with van der Waals surface area (Å²) in [5.74, 6) is 0.768. The van der Waals surface area contributed by atoms with Gasteiger partial charge in [-0.3, -0.25) is 9.89 Å². The van der Waals surface area contributed by atoms with E-state index < -0.39 is 0 Å². The molecule has 0 spiro atoms. The first-order valence-electron chi connectivity index (χ1n) is 9.48. The molecular weight excluding hydrogens is 357 g/mol. The second-order valence-corrected chi connectivity index (χ2v) is 6.79. The molecule has 28 heavy (non-hydrogen) atoms. The second kappa shape index (κ2) is 8.34. The molecule has 0 fully saturated rings. The molecule has 4 rings (SSSR count). The lowest BCUT2D eigenvalue weighted by Gasteiger charge is -2.25. The maximum Gasteiger partial charge on any atom is 0.311 e. The van der Waals surface area contributed by atoms with Gasteiger partial charge >= 0.3 is 7.41 Å². The first kappa shape index (κ1) is 18.4. The Morgan fingerprint density at radius 1 is 1.29 bits per heavy atom. The summed E-state index contributed by atoms with van der Waals surface area (Å²) in [6.07, 6.45) is 1.82. The van der Waals surface area contributed by atoms with Crippen molar-refractivity contribution in [3.63, 3.8) is 0 Å². The van der Waals surface area contributed by atoms with Crippen molar-refractivity contribution < 1.29 is 9.21 Å². The maximum absolute atomic E-state index is 12.5. The molecule has 2 aromatic heterocycles. The standard InChI is InChI=1S/C18H22BN7O2/c1-2-12-5-3-4-6-13(12)10-20-19-18-24-23-16(28-18)9-17(27)26-8-7-14-15(11-26)22-25-21-14/h3-6,19-20H,2,7-11H2,1H3,(H,21,22,25). The largest absolute Gasteiger partial charge is 0.433 e. The zero-order chi connectivity index (χ0) is 19.3. The molecule has 0 atom stereocenters. The molecule has 0 aliphatic carbocycles. The highest BCUT2D eigenvalue weighted by Crippen LogP contribution is 2.14. The van der Waals surface area contributed by atoms with Gasteiger partial charge in [0.2, 0.25) is 11.8 Å². The van der Waals surface area contributed by atoms with Crippen LogP contribution in [0.3, 0.4) is 0 Å². The third kappa shape index (κ3) is 4.11. The minimum atomic E-state index is -0.0475. The number of aryl methyl sites for hydroxylation is 1. The molecule has 0 saturated heterocycles. The molecular formula is C18H22BN7O2. The number of benzene rings is 1. The Morgan fingerprint density at radius 2 is 2.14 bits per heavy atom. The number of nitrogens with zero attached hydrogens (tertiary/aromatic N) is 5. The number of nitrogens with one attached hydrogen (secondary N) is 2. The summed E-state index contributed by atoms with van der Waals surface area (Å²) in [6.45, 7) is 3.97. The summed E-state index contributed by atoms with van der Waals surface area (Å²) in [5, 5.41) is 22.0. The molecule has 0 unspecified atom stereocenters. The molecule has 0 radical (unpaired) electrons. The molecule has 1 aliphatic rings. The van der Waals surface area contributed by atoms with Gasteiger partial charge in [0.15, 0.2) is 5.79 Å². The monoisotopic (exact) mass is 379 g/mol. The molecule has 1 aliphatic heterocycles. The summed E-state index contributed by atoms with van der Waals surface area (Å²) < 4.78 is 5.63. The van der Waals surface area contributed by atoms with Gasteiger partial charge in [0, 0.05) is 19.5 Å². The number of aromatic amines is 1. The van der Waals surface area contributed by atoms with E-state index in [-0.39, 0.29) is 12.3 Å². The Kier molecular flexibility index (Phi) is 5.47. The van der Waals surface area contributed by atoms with Gasteiger partial charge in [0.1, 0.15) is 12.1 Å². The van der Waals surface area contributed by atoms with E-state index in [1.54, 1.807) is 4.90 Å². The average Bonchev–Trinajstić information content (AvgIpc) is 3.37. The van der Waals surface area contributed by atoms with Crippen LogP contribution in [0.5, 0.6) is 0 Å². The van der Waals surface area contributed by atoms with Crippen LogP contribution in [-0.4, -0.2) is 50.4 Å². The molecule has 10 heteroatoms. The lowest BCUT2D eigenvalue weighted by Crippen LogP contribution is -2.37. The zero-order valence-electron chi connectivity index (χ0n) is 15.8. The number of aromatic nitrogens is 5. The van der Waals surface area contributed by atoms with Gasteiger partial charge in [0.25, 0.3) is 0 Å². The number of hydrogen-bond donors (Lipinski definition) is 2. The molecule has 2 N–H and O–H groups in total. The van der Waals surface area contributed by atoms with E-state index in [0.717, 1.165) is 30.8 Å². The predicted molar refractivity (Wildman–Crippen MR) is 103 cm³/mol. The lowest BCUT2D eigenvalue weighted by atomic mass is 9.94. The van der Waals surface area contributed by atoms with Crippen LogP contribution >= 0.6 is 0 Å². The number of hydrogen-bond acceptors (Lipinski definition) is 7. The first-order chi connectivity index (χ1) is 13.7. The van der Waals surface area contributed by atoms with Crippen molar-refractivity contribution in [2.45, 2.75) is 39.3 Å². The number of carbonyl (C=O) groups is 1. The van der Waals surface area contributed by atoms with Crippen molar-refractivity contribution in [3.05, 3.63) is 52.7 Å². The Bertz CT molecular complexity index is 955. The van der Waals surface area contributed by atoms with Crippen LogP contribution in [0.4, 0.5) is 0 Å². The summed E-state index contributed by atoms with van der Waals surface area (Å²) in [4.78, 5) is 14.2. The Balaban J connectivity index is 1.28. The smallest absolute Gasteiger partial charge is 0.311 e. The summed E-state index contributed by atoms with van der Waals surface area (Å²) >= 11 is 0. The third-order valence-corrected chi connectivity index (χ3v) is 4.93. The van der Waals surface area contributed by atoms with Crippen LogP contribution in [0.25, 0.3) is 0 Å². The van der Waals surface area contributed by atoms with Gasteiger partial charge in [-0.2, -0.15) is 0 Å². The highest BCUT2D eigenvalue weighted by molar-refractivity contribution is 6.47. The molecule has 9 nitrogen and oxygen atoms in total. The van der Waals surface area contributed by atoms with Crippen molar-refractivity contribution >= 4 is 19.1 Å².